The van der Waals surface area contributed by atoms with Crippen LogP contribution in [0.4, 0.5) is 4.39 Å². The Morgan fingerprint density at radius 1 is 0.543 bits per heavy atom. The Balaban J connectivity index is 1.52. The maximum atomic E-state index is 13.7. The molecule has 5 aromatic rings. The summed E-state index contributed by atoms with van der Waals surface area (Å²) in [6.07, 6.45) is 0. The van der Waals surface area contributed by atoms with Crippen molar-refractivity contribution in [1.29, 1.82) is 0 Å². The first-order valence-corrected chi connectivity index (χ1v) is 11.4. The van der Waals surface area contributed by atoms with E-state index in [0.717, 1.165) is 21.5 Å². The van der Waals surface area contributed by atoms with Gasteiger partial charge >= 0.3 is 0 Å². The standard InChI is InChI=1S/C31H20FNO2/c32-27-15-9-20(10-16-27)19-33-30(34)28(25-13-11-21-5-1-3-7-23(21)17-25)29(31(33)35)26-14-12-22-6-2-4-8-24(22)18-26/h1-18H,19H2. The van der Waals surface area contributed by atoms with E-state index < -0.39 is 0 Å². The number of fused-ring (bicyclic) bond motifs is 2. The third-order valence-electron chi connectivity index (χ3n) is 6.50. The minimum absolute atomic E-state index is 0.0755. The molecule has 3 nitrogen and oxygen atoms in total. The van der Waals surface area contributed by atoms with Gasteiger partial charge in [-0.25, -0.2) is 4.39 Å². The summed E-state index contributed by atoms with van der Waals surface area (Å²) in [4.78, 5) is 28.7. The molecule has 1 heterocycles. The molecular weight excluding hydrogens is 437 g/mol. The van der Waals surface area contributed by atoms with Gasteiger partial charge in [0.1, 0.15) is 5.82 Å². The van der Waals surface area contributed by atoms with E-state index in [0.29, 0.717) is 27.8 Å². The average Bonchev–Trinajstić information content (AvgIpc) is 3.14. The molecule has 6 rings (SSSR count). The number of hydrogen-bond donors (Lipinski definition) is 0. The molecule has 0 atom stereocenters. The first-order valence-electron chi connectivity index (χ1n) is 11.4. The lowest BCUT2D eigenvalue weighted by molar-refractivity contribution is -0.136. The molecular formula is C31H20FNO2. The van der Waals surface area contributed by atoms with E-state index in [-0.39, 0.29) is 24.2 Å². The minimum Gasteiger partial charge on any atom is -0.270 e. The molecule has 0 unspecified atom stereocenters. The summed E-state index contributed by atoms with van der Waals surface area (Å²) in [5.74, 6) is -1.06. The highest BCUT2D eigenvalue weighted by Gasteiger charge is 2.39. The fraction of sp³-hybridized carbons (Fsp3) is 0.0323. The van der Waals surface area contributed by atoms with Gasteiger partial charge in [-0.2, -0.15) is 0 Å². The number of hydrogen-bond acceptors (Lipinski definition) is 2. The minimum atomic E-state index is -0.361. The first-order chi connectivity index (χ1) is 17.1. The second kappa shape index (κ2) is 8.33. The van der Waals surface area contributed by atoms with Crippen LogP contribution in [0.15, 0.2) is 109 Å². The third kappa shape index (κ3) is 3.69. The molecule has 2 amide bonds. The smallest absolute Gasteiger partial charge is 0.262 e. The zero-order valence-corrected chi connectivity index (χ0v) is 18.7. The van der Waals surface area contributed by atoms with Gasteiger partial charge in [-0.3, -0.25) is 14.5 Å². The van der Waals surface area contributed by atoms with Crippen molar-refractivity contribution in [2.75, 3.05) is 0 Å². The maximum Gasteiger partial charge on any atom is 0.262 e. The number of rotatable bonds is 4. The predicted molar refractivity (Wildman–Crippen MR) is 137 cm³/mol. The molecule has 0 saturated heterocycles. The fourth-order valence-corrected chi connectivity index (χ4v) is 4.72. The van der Waals surface area contributed by atoms with Crippen LogP contribution in [-0.4, -0.2) is 16.7 Å². The van der Waals surface area contributed by atoms with Crippen molar-refractivity contribution in [1.82, 2.24) is 4.90 Å². The van der Waals surface area contributed by atoms with Crippen LogP contribution in [0.1, 0.15) is 16.7 Å². The quantitative estimate of drug-likeness (QED) is 0.285. The van der Waals surface area contributed by atoms with Crippen LogP contribution in [0.2, 0.25) is 0 Å². The zero-order valence-electron chi connectivity index (χ0n) is 18.7. The Labute approximate surface area is 201 Å². The molecule has 0 aromatic heterocycles. The van der Waals surface area contributed by atoms with Crippen molar-refractivity contribution in [3.05, 3.63) is 132 Å². The van der Waals surface area contributed by atoms with Crippen LogP contribution < -0.4 is 0 Å². The van der Waals surface area contributed by atoms with E-state index in [2.05, 4.69) is 0 Å². The highest BCUT2D eigenvalue weighted by molar-refractivity contribution is 6.49. The monoisotopic (exact) mass is 457 g/mol. The van der Waals surface area contributed by atoms with Crippen LogP contribution in [0, 0.1) is 5.82 Å². The van der Waals surface area contributed by atoms with Gasteiger partial charge in [0.2, 0.25) is 0 Å². The normalized spacial score (nSPS) is 13.9. The molecule has 0 N–H and O–H groups in total. The first kappa shape index (κ1) is 21.0. The summed E-state index contributed by atoms with van der Waals surface area (Å²) >= 11 is 0. The number of carbonyl (C=O) groups excluding carboxylic acids is 2. The molecule has 1 aliphatic heterocycles. The van der Waals surface area contributed by atoms with Crippen molar-refractivity contribution in [2.24, 2.45) is 0 Å². The highest BCUT2D eigenvalue weighted by Crippen LogP contribution is 2.38. The molecule has 1 aliphatic rings. The predicted octanol–water partition coefficient (Wildman–Crippen LogP) is 6.61. The van der Waals surface area contributed by atoms with E-state index in [1.54, 1.807) is 12.1 Å². The van der Waals surface area contributed by atoms with Gasteiger partial charge in [-0.15, -0.1) is 0 Å². The van der Waals surface area contributed by atoms with E-state index in [9.17, 15) is 14.0 Å². The van der Waals surface area contributed by atoms with Crippen LogP contribution in [0.5, 0.6) is 0 Å². The van der Waals surface area contributed by atoms with Crippen LogP contribution >= 0.6 is 0 Å². The molecule has 5 aromatic carbocycles. The number of carbonyl (C=O) groups is 2. The van der Waals surface area contributed by atoms with Gasteiger partial charge in [0, 0.05) is 0 Å². The van der Waals surface area contributed by atoms with Crippen LogP contribution in [-0.2, 0) is 16.1 Å². The molecule has 35 heavy (non-hydrogen) atoms. The van der Waals surface area contributed by atoms with E-state index in [1.807, 2.05) is 84.9 Å². The molecule has 0 saturated carbocycles. The molecule has 0 fully saturated rings. The summed E-state index contributed by atoms with van der Waals surface area (Å²) in [5, 5.41) is 4.10. The van der Waals surface area contributed by atoms with Crippen molar-refractivity contribution >= 4 is 44.5 Å². The molecule has 0 aliphatic carbocycles. The zero-order chi connectivity index (χ0) is 23.9. The van der Waals surface area contributed by atoms with Crippen molar-refractivity contribution < 1.29 is 14.0 Å². The Kier molecular flexibility index (Phi) is 5.00. The summed E-state index contributed by atoms with van der Waals surface area (Å²) in [5.41, 5.74) is 2.86. The lowest BCUT2D eigenvalue weighted by Gasteiger charge is -2.15. The second-order valence-corrected chi connectivity index (χ2v) is 8.70. The highest BCUT2D eigenvalue weighted by atomic mass is 19.1. The van der Waals surface area contributed by atoms with Crippen molar-refractivity contribution in [3.8, 4) is 0 Å². The molecule has 0 radical (unpaired) electrons. The molecule has 0 spiro atoms. The number of benzene rings is 5. The summed E-state index contributed by atoms with van der Waals surface area (Å²) in [6, 6.07) is 33.4. The Bertz CT molecular complexity index is 1570. The summed E-state index contributed by atoms with van der Waals surface area (Å²) < 4.78 is 13.4. The van der Waals surface area contributed by atoms with Gasteiger partial charge in [0.15, 0.2) is 0 Å². The maximum absolute atomic E-state index is 13.7. The second-order valence-electron chi connectivity index (χ2n) is 8.70. The van der Waals surface area contributed by atoms with E-state index >= 15 is 0 Å². The summed E-state index contributed by atoms with van der Waals surface area (Å²) in [7, 11) is 0. The summed E-state index contributed by atoms with van der Waals surface area (Å²) in [6.45, 7) is 0.0755. The third-order valence-corrected chi connectivity index (χ3v) is 6.50. The number of halogens is 1. The fourth-order valence-electron chi connectivity index (χ4n) is 4.72. The Morgan fingerprint density at radius 3 is 1.49 bits per heavy atom. The van der Waals surface area contributed by atoms with Gasteiger partial charge < -0.3 is 0 Å². The Morgan fingerprint density at radius 2 is 1.00 bits per heavy atom. The number of imide groups is 1. The van der Waals surface area contributed by atoms with Crippen LogP contribution in [0.3, 0.4) is 0 Å². The average molecular weight is 458 g/mol. The SMILES string of the molecule is O=C1C(c2ccc3ccccc3c2)=C(c2ccc3ccccc3c2)C(=O)N1Cc1ccc(F)cc1. The lowest BCUT2D eigenvalue weighted by atomic mass is 9.93. The van der Waals surface area contributed by atoms with Crippen LogP contribution in [0.25, 0.3) is 32.7 Å². The van der Waals surface area contributed by atoms with Crippen molar-refractivity contribution in [2.45, 2.75) is 6.54 Å². The molecule has 168 valence electrons. The molecule has 0 bridgehead atoms. The van der Waals surface area contributed by atoms with Gasteiger partial charge in [0.25, 0.3) is 11.8 Å². The topological polar surface area (TPSA) is 37.4 Å². The van der Waals surface area contributed by atoms with Gasteiger partial charge in [0.05, 0.1) is 17.7 Å². The number of nitrogens with zero attached hydrogens (tertiary/aromatic N) is 1. The number of amides is 2. The van der Waals surface area contributed by atoms with E-state index in [1.165, 1.54) is 17.0 Å². The van der Waals surface area contributed by atoms with Gasteiger partial charge in [-0.05, 0) is 62.5 Å². The lowest BCUT2D eigenvalue weighted by Crippen LogP contribution is -2.31. The molecule has 4 heteroatoms. The Hall–Kier alpha value is -4.57. The van der Waals surface area contributed by atoms with Gasteiger partial charge in [-0.1, -0.05) is 84.9 Å². The largest absolute Gasteiger partial charge is 0.270 e. The van der Waals surface area contributed by atoms with E-state index in [4.69, 9.17) is 0 Å². The van der Waals surface area contributed by atoms with Crippen molar-refractivity contribution in [3.63, 3.8) is 0 Å².